The molecule has 0 spiro atoms. The lowest BCUT2D eigenvalue weighted by Crippen LogP contribution is -2.37. The van der Waals surface area contributed by atoms with Gasteiger partial charge in [-0.05, 0) is 55.5 Å². The van der Waals surface area contributed by atoms with Crippen molar-refractivity contribution in [2.24, 2.45) is 0 Å². The third-order valence-corrected chi connectivity index (χ3v) is 4.37. The smallest absolute Gasteiger partial charge is 0.254 e. The molecule has 6 nitrogen and oxygen atoms in total. The molecule has 0 aliphatic rings. The van der Waals surface area contributed by atoms with Gasteiger partial charge in [-0.2, -0.15) is 0 Å². The number of hydrogen-bond donors (Lipinski definition) is 1. The number of aromatic nitrogens is 1. The minimum atomic E-state index is -0.257. The van der Waals surface area contributed by atoms with Gasteiger partial charge in [-0.15, -0.1) is 0 Å². The number of methoxy groups -OCH3 is 1. The molecule has 0 atom stereocenters. The molecule has 144 valence electrons. The van der Waals surface area contributed by atoms with Crippen LogP contribution in [0.5, 0.6) is 5.75 Å². The molecule has 2 aromatic carbocycles. The van der Waals surface area contributed by atoms with Gasteiger partial charge in [0.05, 0.1) is 7.11 Å². The van der Waals surface area contributed by atoms with Gasteiger partial charge in [-0.1, -0.05) is 6.07 Å². The van der Waals surface area contributed by atoms with Crippen molar-refractivity contribution in [2.45, 2.75) is 6.92 Å². The Labute approximate surface area is 164 Å². The number of rotatable bonds is 7. The van der Waals surface area contributed by atoms with Crippen molar-refractivity contribution >= 4 is 17.5 Å². The van der Waals surface area contributed by atoms with Crippen LogP contribution in [0.3, 0.4) is 0 Å². The van der Waals surface area contributed by atoms with E-state index in [0.29, 0.717) is 23.5 Å². The van der Waals surface area contributed by atoms with Crippen LogP contribution in [0.25, 0.3) is 5.69 Å². The Balaban J connectivity index is 1.65. The van der Waals surface area contributed by atoms with E-state index in [2.05, 4.69) is 5.32 Å². The zero-order valence-electron chi connectivity index (χ0n) is 16.0. The molecular formula is C22H23N3O3. The fraction of sp³-hybridized carbons (Fsp3) is 0.182. The van der Waals surface area contributed by atoms with Gasteiger partial charge in [0.15, 0.2) is 0 Å². The summed E-state index contributed by atoms with van der Waals surface area (Å²) in [6.07, 6.45) is 3.89. The highest BCUT2D eigenvalue weighted by atomic mass is 16.5. The van der Waals surface area contributed by atoms with E-state index >= 15 is 0 Å². The zero-order chi connectivity index (χ0) is 19.9. The topological polar surface area (TPSA) is 63.6 Å². The van der Waals surface area contributed by atoms with Gasteiger partial charge in [0, 0.05) is 41.9 Å². The molecule has 0 fully saturated rings. The van der Waals surface area contributed by atoms with E-state index in [1.54, 1.807) is 43.5 Å². The Morgan fingerprint density at radius 1 is 1.04 bits per heavy atom. The van der Waals surface area contributed by atoms with Gasteiger partial charge in [-0.25, -0.2) is 0 Å². The molecule has 6 heteroatoms. The predicted molar refractivity (Wildman–Crippen MR) is 109 cm³/mol. The zero-order valence-corrected chi connectivity index (χ0v) is 16.0. The molecule has 3 aromatic rings. The molecule has 3 rings (SSSR count). The second-order valence-corrected chi connectivity index (χ2v) is 6.24. The average molecular weight is 377 g/mol. The number of hydrogen-bond acceptors (Lipinski definition) is 3. The Bertz CT molecular complexity index is 934. The van der Waals surface area contributed by atoms with Crippen LogP contribution in [-0.4, -0.2) is 41.5 Å². The van der Waals surface area contributed by atoms with Crippen LogP contribution < -0.4 is 10.1 Å². The summed E-state index contributed by atoms with van der Waals surface area (Å²) in [7, 11) is 1.57. The second kappa shape index (κ2) is 8.90. The minimum absolute atomic E-state index is 0.0219. The largest absolute Gasteiger partial charge is 0.497 e. The number of benzene rings is 2. The van der Waals surface area contributed by atoms with Crippen molar-refractivity contribution < 1.29 is 14.3 Å². The van der Waals surface area contributed by atoms with Gasteiger partial charge in [0.25, 0.3) is 5.91 Å². The van der Waals surface area contributed by atoms with Crippen molar-refractivity contribution in [3.8, 4) is 11.4 Å². The number of nitrogens with one attached hydrogen (secondary N) is 1. The van der Waals surface area contributed by atoms with Gasteiger partial charge >= 0.3 is 0 Å². The number of ether oxygens (including phenoxy) is 1. The minimum Gasteiger partial charge on any atom is -0.497 e. The molecule has 0 bridgehead atoms. The Morgan fingerprint density at radius 2 is 1.75 bits per heavy atom. The van der Waals surface area contributed by atoms with E-state index in [-0.39, 0.29) is 18.4 Å². The first-order valence-corrected chi connectivity index (χ1v) is 9.07. The van der Waals surface area contributed by atoms with E-state index in [0.717, 1.165) is 5.69 Å². The summed E-state index contributed by atoms with van der Waals surface area (Å²) >= 11 is 0. The van der Waals surface area contributed by atoms with E-state index in [1.165, 1.54) is 4.90 Å². The van der Waals surface area contributed by atoms with Gasteiger partial charge < -0.3 is 19.5 Å². The molecule has 0 aliphatic carbocycles. The first-order valence-electron chi connectivity index (χ1n) is 9.07. The highest BCUT2D eigenvalue weighted by Gasteiger charge is 2.17. The SMILES string of the molecule is CCN(CC(=O)Nc1cccc(OC)c1)C(=O)c1ccc(-n2cccc2)cc1. The highest BCUT2D eigenvalue weighted by molar-refractivity contribution is 5.99. The fourth-order valence-corrected chi connectivity index (χ4v) is 2.87. The maximum atomic E-state index is 12.8. The highest BCUT2D eigenvalue weighted by Crippen LogP contribution is 2.17. The maximum Gasteiger partial charge on any atom is 0.254 e. The van der Waals surface area contributed by atoms with Crippen LogP contribution in [0.15, 0.2) is 73.1 Å². The van der Waals surface area contributed by atoms with Crippen LogP contribution in [0.2, 0.25) is 0 Å². The molecule has 0 saturated carbocycles. The van der Waals surface area contributed by atoms with Crippen LogP contribution >= 0.6 is 0 Å². The van der Waals surface area contributed by atoms with E-state index in [9.17, 15) is 9.59 Å². The summed E-state index contributed by atoms with van der Waals surface area (Å²) in [6.45, 7) is 2.26. The van der Waals surface area contributed by atoms with E-state index < -0.39 is 0 Å². The molecule has 1 aromatic heterocycles. The van der Waals surface area contributed by atoms with Crippen molar-refractivity contribution in [3.05, 3.63) is 78.6 Å². The van der Waals surface area contributed by atoms with Crippen LogP contribution in [0.1, 0.15) is 17.3 Å². The lowest BCUT2D eigenvalue weighted by Gasteiger charge is -2.20. The lowest BCUT2D eigenvalue weighted by atomic mass is 10.1. The quantitative estimate of drug-likeness (QED) is 0.684. The first-order chi connectivity index (χ1) is 13.6. The second-order valence-electron chi connectivity index (χ2n) is 6.24. The summed E-state index contributed by atoms with van der Waals surface area (Å²) in [6, 6.07) is 18.3. The molecule has 2 amide bonds. The number of amides is 2. The monoisotopic (exact) mass is 377 g/mol. The number of carbonyl (C=O) groups excluding carboxylic acids is 2. The molecule has 0 saturated heterocycles. The molecule has 28 heavy (non-hydrogen) atoms. The number of likely N-dealkylation sites (N-methyl/N-ethyl adjacent to an activating group) is 1. The maximum absolute atomic E-state index is 12.8. The summed E-state index contributed by atoms with van der Waals surface area (Å²) < 4.78 is 7.12. The molecule has 0 aliphatic heterocycles. The average Bonchev–Trinajstić information content (AvgIpc) is 3.26. The van der Waals surface area contributed by atoms with E-state index in [4.69, 9.17) is 4.74 Å². The standard InChI is InChI=1S/C22H23N3O3/c1-3-24(16-21(26)23-18-7-6-8-20(15-18)28-2)22(27)17-9-11-19(12-10-17)25-13-4-5-14-25/h4-15H,3,16H2,1-2H3,(H,23,26). The third kappa shape index (κ3) is 4.59. The Hall–Kier alpha value is -3.54. The van der Waals surface area contributed by atoms with Crippen molar-refractivity contribution in [1.82, 2.24) is 9.47 Å². The van der Waals surface area contributed by atoms with Crippen LogP contribution in [-0.2, 0) is 4.79 Å². The molecule has 1 heterocycles. The normalized spacial score (nSPS) is 10.4. The fourth-order valence-electron chi connectivity index (χ4n) is 2.87. The summed E-state index contributed by atoms with van der Waals surface area (Å²) in [5.74, 6) is 0.221. The predicted octanol–water partition coefficient (Wildman–Crippen LogP) is 3.59. The van der Waals surface area contributed by atoms with Crippen LogP contribution in [0, 0.1) is 0 Å². The number of nitrogens with zero attached hydrogens (tertiary/aromatic N) is 2. The van der Waals surface area contributed by atoms with Gasteiger partial charge in [-0.3, -0.25) is 9.59 Å². The molecule has 0 radical (unpaired) electrons. The Morgan fingerprint density at radius 3 is 2.39 bits per heavy atom. The molecule has 0 unspecified atom stereocenters. The third-order valence-electron chi connectivity index (χ3n) is 4.37. The van der Waals surface area contributed by atoms with Crippen molar-refractivity contribution in [3.63, 3.8) is 0 Å². The lowest BCUT2D eigenvalue weighted by molar-refractivity contribution is -0.116. The molecule has 1 N–H and O–H groups in total. The number of anilines is 1. The van der Waals surface area contributed by atoms with Crippen LogP contribution in [0.4, 0.5) is 5.69 Å². The molecular weight excluding hydrogens is 354 g/mol. The summed E-state index contributed by atoms with van der Waals surface area (Å²) in [5.41, 5.74) is 2.15. The van der Waals surface area contributed by atoms with E-state index in [1.807, 2.05) is 48.1 Å². The Kier molecular flexibility index (Phi) is 6.11. The summed E-state index contributed by atoms with van der Waals surface area (Å²) in [4.78, 5) is 26.7. The summed E-state index contributed by atoms with van der Waals surface area (Å²) in [5, 5.41) is 2.80. The van der Waals surface area contributed by atoms with Gasteiger partial charge in [0.2, 0.25) is 5.91 Å². The van der Waals surface area contributed by atoms with Gasteiger partial charge in [0.1, 0.15) is 12.3 Å². The number of carbonyl (C=O) groups is 2. The first kappa shape index (κ1) is 19.2. The van der Waals surface area contributed by atoms with Crippen molar-refractivity contribution in [2.75, 3.05) is 25.5 Å². The van der Waals surface area contributed by atoms with Crippen molar-refractivity contribution in [1.29, 1.82) is 0 Å².